The molecule has 0 bridgehead atoms. The van der Waals surface area contributed by atoms with Crippen LogP contribution in [0.5, 0.6) is 0 Å². The number of aryl methyl sites for hydroxylation is 1. The Morgan fingerprint density at radius 3 is 2.33 bits per heavy atom. The highest BCUT2D eigenvalue weighted by atomic mass is 32.2. The van der Waals surface area contributed by atoms with Crippen LogP contribution in [0.3, 0.4) is 0 Å². The van der Waals surface area contributed by atoms with Crippen LogP contribution >= 0.6 is 0 Å². The fraction of sp³-hybridized carbons (Fsp3) is 0.348. The van der Waals surface area contributed by atoms with Gasteiger partial charge in [0.25, 0.3) is 5.91 Å². The number of amides is 1. The van der Waals surface area contributed by atoms with E-state index in [0.29, 0.717) is 11.4 Å². The molecule has 1 aliphatic carbocycles. The van der Waals surface area contributed by atoms with Gasteiger partial charge in [-0.15, -0.1) is 0 Å². The van der Waals surface area contributed by atoms with Crippen molar-refractivity contribution in [2.24, 2.45) is 0 Å². The van der Waals surface area contributed by atoms with Crippen LogP contribution in [0.15, 0.2) is 56.9 Å². The molecule has 0 atom stereocenters. The van der Waals surface area contributed by atoms with Crippen LogP contribution < -0.4 is 5.32 Å². The smallest absolute Gasteiger partial charge is 0.292 e. The van der Waals surface area contributed by atoms with Crippen molar-refractivity contribution in [2.75, 3.05) is 5.32 Å². The number of furan rings is 1. The van der Waals surface area contributed by atoms with E-state index < -0.39 is 15.7 Å². The van der Waals surface area contributed by atoms with Gasteiger partial charge in [0.2, 0.25) is 9.84 Å². The molecule has 0 spiro atoms. The third-order valence-electron chi connectivity index (χ3n) is 5.97. The van der Waals surface area contributed by atoms with Crippen molar-refractivity contribution in [3.63, 3.8) is 0 Å². The highest BCUT2D eigenvalue weighted by molar-refractivity contribution is 7.91. The quantitative estimate of drug-likeness (QED) is 0.607. The molecule has 4 rings (SSSR count). The summed E-state index contributed by atoms with van der Waals surface area (Å²) in [4.78, 5) is 13.2. The lowest BCUT2D eigenvalue weighted by Crippen LogP contribution is -2.19. The van der Waals surface area contributed by atoms with Crippen LogP contribution in [-0.4, -0.2) is 18.9 Å². The molecule has 7 heteroatoms. The summed E-state index contributed by atoms with van der Waals surface area (Å²) in [7, 11) is -3.83. The Morgan fingerprint density at radius 1 is 1.07 bits per heavy atom. The van der Waals surface area contributed by atoms with Crippen molar-refractivity contribution in [2.45, 2.75) is 62.3 Å². The first-order valence-corrected chi connectivity index (χ1v) is 11.7. The number of nitrogens with one attached hydrogen (secondary N) is 1. The second-order valence-electron chi connectivity index (χ2n) is 7.94. The average Bonchev–Trinajstić information content (AvgIpc) is 3.45. The summed E-state index contributed by atoms with van der Waals surface area (Å²) in [6, 6.07) is 10.2. The SMILES string of the molecule is Cc1ccc(S(=O)(=O)c2c(C)c(C)n(C3CCCC3)c2NC(=O)c2ccco2)cc1. The largest absolute Gasteiger partial charge is 0.459 e. The Kier molecular flexibility index (Phi) is 5.32. The van der Waals surface area contributed by atoms with Crippen molar-refractivity contribution < 1.29 is 17.6 Å². The third-order valence-corrected chi connectivity index (χ3v) is 7.90. The maximum absolute atomic E-state index is 13.6. The molecule has 0 saturated heterocycles. The van der Waals surface area contributed by atoms with Gasteiger partial charge in [0.05, 0.1) is 11.2 Å². The molecule has 1 amide bonds. The molecule has 1 aromatic carbocycles. The lowest BCUT2D eigenvalue weighted by molar-refractivity contribution is 0.0995. The predicted octanol–water partition coefficient (Wildman–Crippen LogP) is 5.21. The number of hydrogen-bond donors (Lipinski definition) is 1. The van der Waals surface area contributed by atoms with Crippen LogP contribution in [0.2, 0.25) is 0 Å². The van der Waals surface area contributed by atoms with Gasteiger partial charge in [0, 0.05) is 11.7 Å². The molecule has 1 saturated carbocycles. The molecule has 0 unspecified atom stereocenters. The summed E-state index contributed by atoms with van der Waals surface area (Å²) in [5, 5.41) is 2.86. The molecule has 0 aliphatic heterocycles. The van der Waals surface area contributed by atoms with Crippen molar-refractivity contribution in [1.82, 2.24) is 4.57 Å². The average molecular weight is 427 g/mol. The number of hydrogen-bond acceptors (Lipinski definition) is 4. The van der Waals surface area contributed by atoms with Gasteiger partial charge in [-0.3, -0.25) is 4.79 Å². The van der Waals surface area contributed by atoms with Gasteiger partial charge in [0.15, 0.2) is 5.76 Å². The minimum Gasteiger partial charge on any atom is -0.459 e. The maximum Gasteiger partial charge on any atom is 0.292 e. The highest BCUT2D eigenvalue weighted by Gasteiger charge is 2.33. The van der Waals surface area contributed by atoms with E-state index in [1.165, 1.54) is 6.26 Å². The maximum atomic E-state index is 13.6. The first-order valence-electron chi connectivity index (χ1n) is 10.2. The summed E-state index contributed by atoms with van der Waals surface area (Å²) in [5.41, 5.74) is 2.51. The number of sulfone groups is 1. The van der Waals surface area contributed by atoms with E-state index in [9.17, 15) is 13.2 Å². The molecule has 2 aromatic heterocycles. The molecular formula is C23H26N2O4S. The van der Waals surface area contributed by atoms with E-state index in [4.69, 9.17) is 4.42 Å². The fourth-order valence-electron chi connectivity index (χ4n) is 4.28. The zero-order chi connectivity index (χ0) is 21.5. The van der Waals surface area contributed by atoms with Gasteiger partial charge >= 0.3 is 0 Å². The van der Waals surface area contributed by atoms with E-state index in [0.717, 1.165) is 36.9 Å². The van der Waals surface area contributed by atoms with Gasteiger partial charge < -0.3 is 14.3 Å². The zero-order valence-corrected chi connectivity index (χ0v) is 18.3. The van der Waals surface area contributed by atoms with E-state index >= 15 is 0 Å². The molecule has 2 heterocycles. The summed E-state index contributed by atoms with van der Waals surface area (Å²) >= 11 is 0. The van der Waals surface area contributed by atoms with Crippen LogP contribution in [0.25, 0.3) is 0 Å². The minimum atomic E-state index is -3.83. The van der Waals surface area contributed by atoms with E-state index in [2.05, 4.69) is 5.32 Å². The van der Waals surface area contributed by atoms with Gasteiger partial charge in [-0.1, -0.05) is 30.5 Å². The molecule has 0 radical (unpaired) electrons. The standard InChI is InChI=1S/C23H26N2O4S/c1-15-10-12-19(13-11-15)30(27,28)21-16(2)17(3)25(18-7-4-5-8-18)22(21)24-23(26)20-9-6-14-29-20/h6,9-14,18H,4-5,7-8H2,1-3H3,(H,24,26). The fourth-order valence-corrected chi connectivity index (χ4v) is 5.96. The van der Waals surface area contributed by atoms with Crippen LogP contribution in [0.1, 0.15) is 59.1 Å². The topological polar surface area (TPSA) is 81.3 Å². The van der Waals surface area contributed by atoms with Crippen LogP contribution in [0.4, 0.5) is 5.82 Å². The number of nitrogens with zero attached hydrogens (tertiary/aromatic N) is 1. The Morgan fingerprint density at radius 2 is 1.73 bits per heavy atom. The van der Waals surface area contributed by atoms with Gasteiger partial charge in [-0.2, -0.15) is 0 Å². The molecule has 158 valence electrons. The van der Waals surface area contributed by atoms with E-state index in [1.807, 2.05) is 25.3 Å². The molecule has 30 heavy (non-hydrogen) atoms. The molecule has 1 N–H and O–H groups in total. The van der Waals surface area contributed by atoms with Crippen molar-refractivity contribution in [3.05, 3.63) is 65.2 Å². The summed E-state index contributed by atoms with van der Waals surface area (Å²) < 4.78 is 34.5. The summed E-state index contributed by atoms with van der Waals surface area (Å²) in [6.07, 6.45) is 5.52. The highest BCUT2D eigenvalue weighted by Crippen LogP contribution is 2.41. The molecule has 6 nitrogen and oxygen atoms in total. The number of carbonyl (C=O) groups excluding carboxylic acids is 1. The van der Waals surface area contributed by atoms with E-state index in [-0.39, 0.29) is 21.6 Å². The zero-order valence-electron chi connectivity index (χ0n) is 17.4. The lowest BCUT2D eigenvalue weighted by atomic mass is 10.2. The summed E-state index contributed by atoms with van der Waals surface area (Å²) in [5.74, 6) is 0.0131. The second-order valence-corrected chi connectivity index (χ2v) is 9.83. The number of aromatic nitrogens is 1. The Balaban J connectivity index is 1.89. The van der Waals surface area contributed by atoms with Crippen LogP contribution in [-0.2, 0) is 9.84 Å². The van der Waals surface area contributed by atoms with Crippen molar-refractivity contribution in [3.8, 4) is 0 Å². The van der Waals surface area contributed by atoms with Crippen molar-refractivity contribution >= 4 is 21.6 Å². The molecule has 1 fully saturated rings. The van der Waals surface area contributed by atoms with E-state index in [1.54, 1.807) is 36.4 Å². The Bertz CT molecular complexity index is 1170. The minimum absolute atomic E-state index is 0.142. The number of anilines is 1. The summed E-state index contributed by atoms with van der Waals surface area (Å²) in [6.45, 7) is 5.64. The van der Waals surface area contributed by atoms with Crippen LogP contribution in [0, 0.1) is 20.8 Å². The number of carbonyl (C=O) groups is 1. The monoisotopic (exact) mass is 426 g/mol. The van der Waals surface area contributed by atoms with Gasteiger partial charge in [-0.25, -0.2) is 8.42 Å². The third kappa shape index (κ3) is 3.47. The molecular weight excluding hydrogens is 400 g/mol. The molecule has 1 aliphatic rings. The van der Waals surface area contributed by atoms with Gasteiger partial charge in [0.1, 0.15) is 10.7 Å². The first-order chi connectivity index (χ1) is 14.3. The number of rotatable bonds is 5. The lowest BCUT2D eigenvalue weighted by Gasteiger charge is -2.19. The normalized spacial score (nSPS) is 14.9. The first kappa shape index (κ1) is 20.5. The second kappa shape index (κ2) is 7.80. The number of benzene rings is 1. The Labute approximate surface area is 176 Å². The Hall–Kier alpha value is -2.80. The molecule has 3 aromatic rings. The van der Waals surface area contributed by atoms with Crippen molar-refractivity contribution in [1.29, 1.82) is 0 Å². The van der Waals surface area contributed by atoms with Gasteiger partial charge in [-0.05, 0) is 63.4 Å². The predicted molar refractivity (Wildman–Crippen MR) is 115 cm³/mol.